The molecule has 9 heteroatoms. The number of aliphatic hydroxyl groups is 1. The molecule has 0 spiro atoms. The Morgan fingerprint density at radius 3 is 2.57 bits per heavy atom. The number of anilines is 1. The van der Waals surface area contributed by atoms with Crippen LogP contribution in [0.2, 0.25) is 0 Å². The van der Waals surface area contributed by atoms with Crippen molar-refractivity contribution in [1.82, 2.24) is 10.3 Å². The number of hydrogen-bond donors (Lipinski definition) is 5. The number of carboxylic acid groups (broad SMARTS) is 1. The zero-order valence-corrected chi connectivity index (χ0v) is 26.6. The maximum absolute atomic E-state index is 12.9. The molecule has 1 atom stereocenters. The van der Waals surface area contributed by atoms with E-state index in [1.54, 1.807) is 12.1 Å². The average molecular weight is 638 g/mol. The first kappa shape index (κ1) is 32.5. The van der Waals surface area contributed by atoms with Gasteiger partial charge in [0.15, 0.2) is 0 Å². The number of aromatic nitrogens is 1. The predicted molar refractivity (Wildman–Crippen MR) is 182 cm³/mol. The van der Waals surface area contributed by atoms with Gasteiger partial charge in [-0.15, -0.1) is 0 Å². The molecule has 1 aliphatic heterocycles. The quantitative estimate of drug-likeness (QED) is 0.126. The second kappa shape index (κ2) is 14.1. The van der Waals surface area contributed by atoms with Gasteiger partial charge in [0, 0.05) is 43.2 Å². The van der Waals surface area contributed by atoms with Gasteiger partial charge < -0.3 is 30.5 Å². The van der Waals surface area contributed by atoms with Gasteiger partial charge >= 0.3 is 5.97 Å². The van der Waals surface area contributed by atoms with E-state index in [0.29, 0.717) is 55.2 Å². The number of H-pyrrole nitrogens is 1. The molecule has 2 aliphatic rings. The molecule has 0 bridgehead atoms. The number of phenols is 1. The molecular formula is C38H43N3O6. The van der Waals surface area contributed by atoms with Crippen LogP contribution in [-0.4, -0.2) is 45.3 Å². The number of unbranched alkanes of at least 4 members (excludes halogenated alkanes) is 1. The van der Waals surface area contributed by atoms with Gasteiger partial charge in [-0.1, -0.05) is 61.7 Å². The Balaban J connectivity index is 1.03. The summed E-state index contributed by atoms with van der Waals surface area (Å²) in [5.74, 6) is -0.620. The van der Waals surface area contributed by atoms with Crippen molar-refractivity contribution in [3.8, 4) is 5.75 Å². The molecule has 0 saturated heterocycles. The third kappa shape index (κ3) is 6.96. The minimum atomic E-state index is -0.845. The number of carbonyl (C=O) groups is 2. The van der Waals surface area contributed by atoms with Crippen molar-refractivity contribution in [3.63, 3.8) is 0 Å². The van der Waals surface area contributed by atoms with E-state index in [0.717, 1.165) is 66.5 Å². The smallest absolute Gasteiger partial charge is 0.314 e. The monoisotopic (exact) mass is 637 g/mol. The number of pyridine rings is 1. The van der Waals surface area contributed by atoms with Crippen LogP contribution in [0.25, 0.3) is 10.9 Å². The molecule has 0 radical (unpaired) electrons. The number of benzene rings is 3. The zero-order valence-electron chi connectivity index (χ0n) is 26.6. The highest BCUT2D eigenvalue weighted by Gasteiger charge is 2.41. The molecule has 3 aromatic carbocycles. The Hall–Kier alpha value is -4.47. The molecule has 47 heavy (non-hydrogen) atoms. The fraction of sp³-hybridized carbons (Fsp3) is 0.395. The van der Waals surface area contributed by atoms with Crippen LogP contribution >= 0.6 is 0 Å². The van der Waals surface area contributed by atoms with Gasteiger partial charge in [-0.2, -0.15) is 0 Å². The molecule has 1 saturated carbocycles. The van der Waals surface area contributed by atoms with Gasteiger partial charge in [0.2, 0.25) is 11.5 Å². The van der Waals surface area contributed by atoms with Gasteiger partial charge in [-0.3, -0.25) is 14.4 Å². The average Bonchev–Trinajstić information content (AvgIpc) is 3.08. The summed E-state index contributed by atoms with van der Waals surface area (Å²) in [6.45, 7) is 1.45. The summed E-state index contributed by atoms with van der Waals surface area (Å²) in [5, 5.41) is 35.0. The van der Waals surface area contributed by atoms with E-state index in [1.807, 2.05) is 29.2 Å². The number of fused-ring (bicyclic) bond motifs is 2. The molecule has 4 aromatic rings. The number of rotatable bonds is 12. The summed E-state index contributed by atoms with van der Waals surface area (Å²) < 4.78 is 0. The third-order valence-corrected chi connectivity index (χ3v) is 9.97. The molecule has 1 aromatic heterocycles. The Morgan fingerprint density at radius 2 is 1.77 bits per heavy atom. The normalized spacial score (nSPS) is 16.6. The van der Waals surface area contributed by atoms with E-state index < -0.39 is 17.5 Å². The highest BCUT2D eigenvalue weighted by Crippen LogP contribution is 2.40. The van der Waals surface area contributed by atoms with Crippen molar-refractivity contribution in [2.24, 2.45) is 0 Å². The molecular weight excluding hydrogens is 594 g/mol. The molecule has 246 valence electrons. The van der Waals surface area contributed by atoms with Crippen LogP contribution < -0.4 is 15.8 Å². The lowest BCUT2D eigenvalue weighted by Gasteiger charge is -2.34. The van der Waals surface area contributed by atoms with Crippen LogP contribution in [0.4, 0.5) is 5.69 Å². The summed E-state index contributed by atoms with van der Waals surface area (Å²) in [4.78, 5) is 41.5. The number of amides is 1. The van der Waals surface area contributed by atoms with Crippen molar-refractivity contribution in [3.05, 3.63) is 105 Å². The first-order valence-electron chi connectivity index (χ1n) is 16.7. The molecule has 1 aliphatic carbocycles. The van der Waals surface area contributed by atoms with Crippen molar-refractivity contribution in [1.29, 1.82) is 0 Å². The van der Waals surface area contributed by atoms with Gasteiger partial charge in [0.1, 0.15) is 5.75 Å². The van der Waals surface area contributed by atoms with E-state index in [-0.39, 0.29) is 23.8 Å². The van der Waals surface area contributed by atoms with Crippen LogP contribution in [0, 0.1) is 0 Å². The maximum atomic E-state index is 12.9. The van der Waals surface area contributed by atoms with Crippen LogP contribution in [-0.2, 0) is 34.4 Å². The summed E-state index contributed by atoms with van der Waals surface area (Å²) in [7, 11) is 0. The second-order valence-corrected chi connectivity index (χ2v) is 13.0. The molecule has 9 nitrogen and oxygen atoms in total. The minimum Gasteiger partial charge on any atom is -0.506 e. The van der Waals surface area contributed by atoms with E-state index >= 15 is 0 Å². The van der Waals surface area contributed by atoms with Crippen molar-refractivity contribution in [2.45, 2.75) is 82.3 Å². The number of nitrogens with zero attached hydrogens (tertiary/aromatic N) is 1. The van der Waals surface area contributed by atoms with Crippen LogP contribution in [0.3, 0.4) is 0 Å². The SMILES string of the molecule is O=C1CCc2cc(CNC[C@H](O)c3ccc(O)c4[nH]c(=O)ccc34)ccc2N1CCCCc1cccc(C2(C(=O)O)CCCCC2)c1. The molecule has 0 unspecified atom stereocenters. The predicted octanol–water partition coefficient (Wildman–Crippen LogP) is 5.65. The summed E-state index contributed by atoms with van der Waals surface area (Å²) in [6, 6.07) is 20.4. The number of aromatic amines is 1. The fourth-order valence-corrected chi connectivity index (χ4v) is 7.39. The minimum absolute atomic E-state index is 0.0432. The van der Waals surface area contributed by atoms with Crippen LogP contribution in [0.5, 0.6) is 5.75 Å². The summed E-state index contributed by atoms with van der Waals surface area (Å²) in [6.07, 6.45) is 7.30. The maximum Gasteiger partial charge on any atom is 0.314 e. The summed E-state index contributed by atoms with van der Waals surface area (Å²) >= 11 is 0. The summed E-state index contributed by atoms with van der Waals surface area (Å²) in [5.41, 5.74) is 5.05. The number of aliphatic hydroxyl groups excluding tert-OH is 1. The Bertz CT molecular complexity index is 1830. The number of nitrogens with one attached hydrogen (secondary N) is 2. The first-order valence-corrected chi connectivity index (χ1v) is 16.7. The standard InChI is InChI=1S/C38H43N3O6/c42-32-15-12-29(30-13-16-34(44)40-36(30)32)33(43)24-39-23-26-10-14-31-27(21-26)11-17-35(45)41(31)20-5-2-7-25-8-6-9-28(22-25)38(37(46)47)18-3-1-4-19-38/h6,8-10,12-16,21-22,33,39,42-43H,1-5,7,11,17-20,23-24H2,(H,40,44)(H,46,47)/t33-/m0/s1. The Morgan fingerprint density at radius 1 is 0.936 bits per heavy atom. The molecule has 1 amide bonds. The third-order valence-electron chi connectivity index (χ3n) is 9.97. The number of hydrogen-bond acceptors (Lipinski definition) is 6. The largest absolute Gasteiger partial charge is 0.506 e. The van der Waals surface area contributed by atoms with Gasteiger partial charge in [0.25, 0.3) is 0 Å². The second-order valence-electron chi connectivity index (χ2n) is 13.0. The number of phenolic OH excluding ortho intramolecular Hbond substituents is 1. The Labute approximate surface area is 274 Å². The van der Waals surface area contributed by atoms with Gasteiger partial charge in [-0.05, 0) is 84.5 Å². The molecule has 5 N–H and O–H groups in total. The highest BCUT2D eigenvalue weighted by atomic mass is 16.4. The van der Waals surface area contributed by atoms with E-state index in [1.165, 1.54) is 12.1 Å². The van der Waals surface area contributed by atoms with E-state index in [4.69, 9.17) is 0 Å². The lowest BCUT2D eigenvalue weighted by molar-refractivity contribution is -0.145. The number of carbonyl (C=O) groups excluding carboxylic acids is 1. The van der Waals surface area contributed by atoms with Crippen LogP contribution in [0.1, 0.15) is 85.3 Å². The van der Waals surface area contributed by atoms with E-state index in [9.17, 15) is 29.7 Å². The first-order chi connectivity index (χ1) is 22.7. The number of aromatic hydroxyl groups is 1. The molecule has 1 fully saturated rings. The zero-order chi connectivity index (χ0) is 33.0. The van der Waals surface area contributed by atoms with Crippen molar-refractivity contribution in [2.75, 3.05) is 18.0 Å². The Kier molecular flexibility index (Phi) is 9.75. The number of aliphatic carboxylic acids is 1. The molecule has 6 rings (SSSR count). The number of aryl methyl sites for hydroxylation is 2. The highest BCUT2D eigenvalue weighted by molar-refractivity contribution is 5.96. The van der Waals surface area contributed by atoms with Crippen LogP contribution in [0.15, 0.2) is 71.5 Å². The topological polar surface area (TPSA) is 143 Å². The fourth-order valence-electron chi connectivity index (χ4n) is 7.39. The van der Waals surface area contributed by atoms with Gasteiger partial charge in [-0.25, -0.2) is 0 Å². The van der Waals surface area contributed by atoms with Crippen molar-refractivity contribution < 1.29 is 24.9 Å². The number of carboxylic acids is 1. The lowest BCUT2D eigenvalue weighted by atomic mass is 9.69. The van der Waals surface area contributed by atoms with E-state index in [2.05, 4.69) is 28.5 Å². The van der Waals surface area contributed by atoms with Crippen molar-refractivity contribution >= 4 is 28.5 Å². The molecule has 2 heterocycles. The lowest BCUT2D eigenvalue weighted by Crippen LogP contribution is -2.37. The van der Waals surface area contributed by atoms with Gasteiger partial charge in [0.05, 0.1) is 17.0 Å².